The Hall–Kier alpha value is -2.48. The van der Waals surface area contributed by atoms with Gasteiger partial charge in [-0.25, -0.2) is 22.0 Å². The number of hydrogen-bond acceptors (Lipinski definition) is 3. The van der Waals surface area contributed by atoms with Crippen LogP contribution in [0.2, 0.25) is 0 Å². The fourth-order valence-corrected chi connectivity index (χ4v) is 1.98. The van der Waals surface area contributed by atoms with Crippen LogP contribution < -0.4 is 5.73 Å². The van der Waals surface area contributed by atoms with Crippen LogP contribution in [0.25, 0.3) is 0 Å². The topological polar surface area (TPSA) is 52.3 Å². The van der Waals surface area contributed by atoms with Gasteiger partial charge in [-0.3, -0.25) is 4.79 Å². The van der Waals surface area contributed by atoms with Crippen molar-refractivity contribution in [3.63, 3.8) is 0 Å². The Morgan fingerprint density at radius 1 is 0.917 bits per heavy atom. The molecule has 8 heteroatoms. The fourth-order valence-electron chi connectivity index (χ4n) is 1.98. The molecule has 2 aromatic rings. The summed E-state index contributed by atoms with van der Waals surface area (Å²) in [5, 5.41) is 0. The van der Waals surface area contributed by atoms with Crippen LogP contribution in [-0.2, 0) is 22.6 Å². The summed E-state index contributed by atoms with van der Waals surface area (Å²) in [6.45, 7) is -1.12. The maximum absolute atomic E-state index is 13.5. The normalized spacial score (nSPS) is 12.1. The predicted octanol–water partition coefficient (Wildman–Crippen LogP) is 3.00. The van der Waals surface area contributed by atoms with E-state index < -0.39 is 53.3 Å². The number of ether oxygens (including phenoxy) is 1. The lowest BCUT2D eigenvalue weighted by Gasteiger charge is -2.13. The highest BCUT2D eigenvalue weighted by molar-refractivity contribution is 5.75. The van der Waals surface area contributed by atoms with Crippen LogP contribution in [0.3, 0.4) is 0 Å². The van der Waals surface area contributed by atoms with E-state index in [1.165, 1.54) is 0 Å². The monoisotopic (exact) mass is 345 g/mol. The van der Waals surface area contributed by atoms with Gasteiger partial charge in [0.25, 0.3) is 0 Å². The summed E-state index contributed by atoms with van der Waals surface area (Å²) in [7, 11) is 0. The van der Waals surface area contributed by atoms with Crippen LogP contribution in [0.4, 0.5) is 22.0 Å². The number of rotatable bonds is 5. The van der Waals surface area contributed by atoms with Gasteiger partial charge < -0.3 is 10.5 Å². The van der Waals surface area contributed by atoms with Crippen molar-refractivity contribution in [2.24, 2.45) is 5.73 Å². The van der Waals surface area contributed by atoms with Crippen LogP contribution in [-0.4, -0.2) is 12.0 Å². The first-order valence-electron chi connectivity index (χ1n) is 6.79. The summed E-state index contributed by atoms with van der Waals surface area (Å²) in [5.41, 5.74) is 5.09. The van der Waals surface area contributed by atoms with Gasteiger partial charge in [0.15, 0.2) is 23.3 Å². The third kappa shape index (κ3) is 3.70. The van der Waals surface area contributed by atoms with Gasteiger partial charge in [0.1, 0.15) is 12.6 Å². The van der Waals surface area contributed by atoms with Crippen molar-refractivity contribution < 1.29 is 31.5 Å². The molecule has 1 atom stereocenters. The molecule has 0 fully saturated rings. The molecule has 0 heterocycles. The molecule has 0 unspecified atom stereocenters. The second kappa shape index (κ2) is 7.39. The number of carbonyl (C=O) groups is 1. The van der Waals surface area contributed by atoms with Crippen LogP contribution in [0.1, 0.15) is 11.1 Å². The molecule has 0 aromatic heterocycles. The van der Waals surface area contributed by atoms with Crippen molar-refractivity contribution in [3.8, 4) is 0 Å². The molecule has 0 bridgehead atoms. The minimum Gasteiger partial charge on any atom is -0.459 e. The zero-order valence-corrected chi connectivity index (χ0v) is 12.2. The lowest BCUT2D eigenvalue weighted by atomic mass is 10.1. The Morgan fingerprint density at radius 2 is 1.42 bits per heavy atom. The highest BCUT2D eigenvalue weighted by Gasteiger charge is 2.27. The van der Waals surface area contributed by atoms with Crippen LogP contribution in [0.5, 0.6) is 0 Å². The molecule has 2 N–H and O–H groups in total. The highest BCUT2D eigenvalue weighted by Crippen LogP contribution is 2.23. The molecule has 0 aliphatic heterocycles. The van der Waals surface area contributed by atoms with Gasteiger partial charge >= 0.3 is 5.97 Å². The summed E-state index contributed by atoms with van der Waals surface area (Å²) in [5.74, 6) is -11.6. The zero-order chi connectivity index (χ0) is 17.9. The number of nitrogens with two attached hydrogens (primary N) is 1. The van der Waals surface area contributed by atoms with Crippen molar-refractivity contribution in [2.75, 3.05) is 0 Å². The van der Waals surface area contributed by atoms with E-state index in [0.717, 1.165) is 5.56 Å². The summed E-state index contributed by atoms with van der Waals surface area (Å²) in [6.07, 6.45) is 0.0940. The van der Waals surface area contributed by atoms with Crippen molar-refractivity contribution in [2.45, 2.75) is 19.1 Å². The average Bonchev–Trinajstić information content (AvgIpc) is 2.58. The smallest absolute Gasteiger partial charge is 0.323 e. The van der Waals surface area contributed by atoms with Crippen molar-refractivity contribution in [1.29, 1.82) is 0 Å². The molecule has 0 amide bonds. The summed E-state index contributed by atoms with van der Waals surface area (Å²) >= 11 is 0. The third-order valence-electron chi connectivity index (χ3n) is 3.26. The Kier molecular flexibility index (Phi) is 5.50. The summed E-state index contributed by atoms with van der Waals surface area (Å²) in [4.78, 5) is 11.7. The number of hydrogen-bond donors (Lipinski definition) is 1. The van der Waals surface area contributed by atoms with E-state index >= 15 is 0 Å². The Labute approximate surface area is 133 Å². The van der Waals surface area contributed by atoms with Crippen molar-refractivity contribution in [1.82, 2.24) is 0 Å². The summed E-state index contributed by atoms with van der Waals surface area (Å²) in [6, 6.07) is 7.48. The maximum atomic E-state index is 13.5. The zero-order valence-electron chi connectivity index (χ0n) is 12.2. The molecule has 2 rings (SSSR count). The van der Waals surface area contributed by atoms with Gasteiger partial charge in [0.05, 0.1) is 5.56 Å². The van der Waals surface area contributed by atoms with Crippen LogP contribution in [0, 0.1) is 29.1 Å². The molecular formula is C16H12F5NO2. The number of esters is 1. The number of benzene rings is 2. The standard InChI is InChI=1S/C16H12F5NO2/c17-11-9(12(18)14(20)15(21)13(11)19)7-24-16(23)10(22)6-8-4-2-1-3-5-8/h1-5,10H,6-7,22H2/t10-/m0/s1. The molecule has 0 aliphatic carbocycles. The van der Waals surface area contributed by atoms with Gasteiger partial charge in [-0.2, -0.15) is 0 Å². The van der Waals surface area contributed by atoms with Crippen LogP contribution >= 0.6 is 0 Å². The average molecular weight is 345 g/mol. The molecule has 128 valence electrons. The Bertz CT molecular complexity index is 723. The number of carbonyl (C=O) groups excluding carboxylic acids is 1. The van der Waals surface area contributed by atoms with E-state index in [1.54, 1.807) is 30.3 Å². The molecule has 0 spiro atoms. The maximum Gasteiger partial charge on any atom is 0.323 e. The minimum absolute atomic E-state index is 0.0940. The van der Waals surface area contributed by atoms with Gasteiger partial charge in [-0.05, 0) is 12.0 Å². The van der Waals surface area contributed by atoms with Gasteiger partial charge in [0.2, 0.25) is 5.82 Å². The molecule has 0 radical (unpaired) electrons. The van der Waals surface area contributed by atoms with E-state index in [2.05, 4.69) is 4.74 Å². The first-order chi connectivity index (χ1) is 11.3. The molecule has 0 saturated carbocycles. The van der Waals surface area contributed by atoms with Gasteiger partial charge in [0, 0.05) is 0 Å². The SMILES string of the molecule is N[C@@H](Cc1ccccc1)C(=O)OCc1c(F)c(F)c(F)c(F)c1F. The molecule has 2 aromatic carbocycles. The third-order valence-corrected chi connectivity index (χ3v) is 3.26. The van der Waals surface area contributed by atoms with E-state index in [-0.39, 0.29) is 6.42 Å². The Morgan fingerprint density at radius 3 is 1.96 bits per heavy atom. The highest BCUT2D eigenvalue weighted by atomic mass is 19.2. The lowest BCUT2D eigenvalue weighted by Crippen LogP contribution is -2.34. The minimum atomic E-state index is -2.28. The lowest BCUT2D eigenvalue weighted by molar-refractivity contribution is -0.146. The van der Waals surface area contributed by atoms with E-state index in [1.807, 2.05) is 0 Å². The van der Waals surface area contributed by atoms with Crippen LogP contribution in [0.15, 0.2) is 30.3 Å². The van der Waals surface area contributed by atoms with E-state index in [0.29, 0.717) is 0 Å². The van der Waals surface area contributed by atoms with E-state index in [9.17, 15) is 26.7 Å². The quantitative estimate of drug-likeness (QED) is 0.392. The summed E-state index contributed by atoms with van der Waals surface area (Å²) < 4.78 is 70.5. The predicted molar refractivity (Wildman–Crippen MR) is 74.1 cm³/mol. The Balaban J connectivity index is 2.07. The molecule has 0 saturated heterocycles. The fraction of sp³-hybridized carbons (Fsp3) is 0.188. The molecular weight excluding hydrogens is 333 g/mol. The van der Waals surface area contributed by atoms with E-state index in [4.69, 9.17) is 5.73 Å². The molecule has 3 nitrogen and oxygen atoms in total. The van der Waals surface area contributed by atoms with Gasteiger partial charge in [-0.15, -0.1) is 0 Å². The first kappa shape index (κ1) is 17.9. The van der Waals surface area contributed by atoms with Gasteiger partial charge in [-0.1, -0.05) is 30.3 Å². The first-order valence-corrected chi connectivity index (χ1v) is 6.79. The molecule has 0 aliphatic rings. The second-order valence-corrected chi connectivity index (χ2v) is 4.95. The molecule has 24 heavy (non-hydrogen) atoms. The largest absolute Gasteiger partial charge is 0.459 e. The number of halogens is 5. The van der Waals surface area contributed by atoms with Crippen molar-refractivity contribution >= 4 is 5.97 Å². The second-order valence-electron chi connectivity index (χ2n) is 4.95. The van der Waals surface area contributed by atoms with Crippen molar-refractivity contribution in [3.05, 3.63) is 70.5 Å².